The van der Waals surface area contributed by atoms with Crippen molar-refractivity contribution in [2.45, 2.75) is 0 Å². The minimum absolute atomic E-state index is 0.440. The second kappa shape index (κ2) is 5.71. The van der Waals surface area contributed by atoms with E-state index in [9.17, 15) is 0 Å². The predicted octanol–water partition coefficient (Wildman–Crippen LogP) is 3.04. The topological polar surface area (TPSA) is 55.0 Å². The van der Waals surface area contributed by atoms with E-state index in [4.69, 9.17) is 17.3 Å². The Morgan fingerprint density at radius 1 is 1.21 bits per heavy atom. The molecule has 1 aromatic carbocycles. The van der Waals surface area contributed by atoms with E-state index < -0.39 is 0 Å². The first-order valence-electron chi connectivity index (χ1n) is 5.85. The van der Waals surface area contributed by atoms with E-state index in [1.165, 1.54) is 0 Å². The number of benzene rings is 1. The Kier molecular flexibility index (Phi) is 4.02. The summed E-state index contributed by atoms with van der Waals surface area (Å²) < 4.78 is 0. The van der Waals surface area contributed by atoms with Crippen LogP contribution in [0.5, 0.6) is 0 Å². The van der Waals surface area contributed by atoms with Gasteiger partial charge in [0.05, 0.1) is 5.52 Å². The summed E-state index contributed by atoms with van der Waals surface area (Å²) in [5, 5.41) is 1.42. The second-order valence-corrected chi connectivity index (χ2v) is 4.49. The first-order valence-corrected chi connectivity index (χ1v) is 6.23. The Hall–Kier alpha value is -2.07. The molecule has 1 heterocycles. The van der Waals surface area contributed by atoms with Crippen LogP contribution in [0.2, 0.25) is 5.02 Å². The number of rotatable bonds is 5. The Balaban J connectivity index is 2.53. The third-order valence-corrected chi connectivity index (χ3v) is 2.89. The van der Waals surface area contributed by atoms with Crippen molar-refractivity contribution in [3.05, 3.63) is 48.5 Å². The molecule has 19 heavy (non-hydrogen) atoms. The zero-order valence-electron chi connectivity index (χ0n) is 10.5. The molecule has 0 atom stereocenters. The largest absolute Gasteiger partial charge is 0.383 e. The summed E-state index contributed by atoms with van der Waals surface area (Å²) in [5.41, 5.74) is 6.69. The van der Waals surface area contributed by atoms with Gasteiger partial charge in [-0.2, -0.15) is 4.98 Å². The first-order chi connectivity index (χ1) is 9.15. The Labute approximate surface area is 117 Å². The molecule has 0 saturated heterocycles. The fourth-order valence-electron chi connectivity index (χ4n) is 1.81. The Morgan fingerprint density at radius 3 is 2.53 bits per heavy atom. The van der Waals surface area contributed by atoms with Crippen molar-refractivity contribution in [1.82, 2.24) is 9.97 Å². The van der Waals surface area contributed by atoms with Gasteiger partial charge in [0.25, 0.3) is 0 Å². The van der Waals surface area contributed by atoms with Gasteiger partial charge in [0.1, 0.15) is 5.82 Å². The number of hydrogen-bond acceptors (Lipinski definition) is 4. The van der Waals surface area contributed by atoms with E-state index >= 15 is 0 Å². The van der Waals surface area contributed by atoms with Gasteiger partial charge < -0.3 is 10.6 Å². The van der Waals surface area contributed by atoms with E-state index in [2.05, 4.69) is 23.1 Å². The molecule has 0 radical (unpaired) electrons. The lowest BCUT2D eigenvalue weighted by atomic mass is 10.2. The lowest BCUT2D eigenvalue weighted by Gasteiger charge is -2.19. The molecule has 0 bridgehead atoms. The average Bonchev–Trinajstić information content (AvgIpc) is 2.37. The molecule has 0 fully saturated rings. The number of nitrogen functional groups attached to an aromatic ring is 1. The quantitative estimate of drug-likeness (QED) is 0.852. The zero-order valence-corrected chi connectivity index (χ0v) is 11.3. The summed E-state index contributed by atoms with van der Waals surface area (Å²) in [6, 6.07) is 5.37. The fourth-order valence-corrected chi connectivity index (χ4v) is 1.97. The molecule has 2 aromatic rings. The molecule has 5 heteroatoms. The highest BCUT2D eigenvalue weighted by atomic mass is 35.5. The van der Waals surface area contributed by atoms with Crippen molar-refractivity contribution in [2.75, 3.05) is 23.7 Å². The zero-order chi connectivity index (χ0) is 13.8. The number of nitrogens with zero attached hydrogens (tertiary/aromatic N) is 3. The van der Waals surface area contributed by atoms with Crippen molar-refractivity contribution in [2.24, 2.45) is 0 Å². The minimum Gasteiger partial charge on any atom is -0.383 e. The normalized spacial score (nSPS) is 10.4. The molecule has 2 N–H and O–H groups in total. The van der Waals surface area contributed by atoms with Crippen LogP contribution in [0, 0.1) is 0 Å². The minimum atomic E-state index is 0.440. The van der Waals surface area contributed by atoms with Crippen LogP contribution < -0.4 is 10.6 Å². The summed E-state index contributed by atoms with van der Waals surface area (Å²) in [5.74, 6) is 0.988. The number of nitrogens with two attached hydrogens (primary N) is 1. The molecular formula is C14H15ClN4. The lowest BCUT2D eigenvalue weighted by Crippen LogP contribution is -2.25. The van der Waals surface area contributed by atoms with Gasteiger partial charge in [0.15, 0.2) is 0 Å². The van der Waals surface area contributed by atoms with Crippen molar-refractivity contribution in [1.29, 1.82) is 0 Å². The molecule has 0 amide bonds. The van der Waals surface area contributed by atoms with E-state index in [0.29, 0.717) is 29.9 Å². The molecular weight excluding hydrogens is 260 g/mol. The van der Waals surface area contributed by atoms with Crippen LogP contribution in [0.1, 0.15) is 0 Å². The van der Waals surface area contributed by atoms with E-state index in [1.54, 1.807) is 24.3 Å². The molecule has 1 aromatic heterocycles. The summed E-state index contributed by atoms with van der Waals surface area (Å²) >= 11 is 5.98. The number of aromatic nitrogens is 2. The van der Waals surface area contributed by atoms with Crippen molar-refractivity contribution >= 4 is 34.3 Å². The van der Waals surface area contributed by atoms with Gasteiger partial charge in [0.2, 0.25) is 5.95 Å². The monoisotopic (exact) mass is 274 g/mol. The standard InChI is InChI=1S/C14H15ClN4/c1-3-7-19(8-4-2)14-17-12-9-10(15)5-6-11(12)13(16)18-14/h3-6,9H,1-2,7-8H2,(H2,16,17,18). The first kappa shape index (κ1) is 13.4. The third kappa shape index (κ3) is 2.85. The van der Waals surface area contributed by atoms with E-state index in [-0.39, 0.29) is 0 Å². The molecule has 0 spiro atoms. The summed E-state index contributed by atoms with van der Waals surface area (Å²) in [6.07, 6.45) is 3.57. The molecule has 0 unspecified atom stereocenters. The van der Waals surface area contributed by atoms with Crippen LogP contribution in [0.3, 0.4) is 0 Å². The van der Waals surface area contributed by atoms with Gasteiger partial charge in [-0.05, 0) is 18.2 Å². The SMILES string of the molecule is C=CCN(CC=C)c1nc(N)c2ccc(Cl)cc2n1. The Morgan fingerprint density at radius 2 is 1.89 bits per heavy atom. The van der Waals surface area contributed by atoms with Gasteiger partial charge >= 0.3 is 0 Å². The van der Waals surface area contributed by atoms with Crippen LogP contribution in [0.4, 0.5) is 11.8 Å². The summed E-state index contributed by atoms with van der Waals surface area (Å²) in [4.78, 5) is 10.7. The van der Waals surface area contributed by atoms with Gasteiger partial charge in [-0.1, -0.05) is 23.8 Å². The molecule has 98 valence electrons. The maximum atomic E-state index is 5.98. The highest BCUT2D eigenvalue weighted by molar-refractivity contribution is 6.31. The Bertz CT molecular complexity index is 614. The molecule has 0 saturated carbocycles. The maximum absolute atomic E-state index is 5.98. The number of fused-ring (bicyclic) bond motifs is 1. The summed E-state index contributed by atoms with van der Waals surface area (Å²) in [6.45, 7) is 8.69. The van der Waals surface area contributed by atoms with Crippen molar-refractivity contribution in [3.8, 4) is 0 Å². The van der Waals surface area contributed by atoms with Gasteiger partial charge in [-0.3, -0.25) is 0 Å². The number of hydrogen-bond donors (Lipinski definition) is 1. The van der Waals surface area contributed by atoms with Crippen molar-refractivity contribution < 1.29 is 0 Å². The average molecular weight is 275 g/mol. The summed E-state index contributed by atoms with van der Waals surface area (Å²) in [7, 11) is 0. The van der Waals surface area contributed by atoms with Crippen LogP contribution >= 0.6 is 11.6 Å². The molecule has 2 rings (SSSR count). The van der Waals surface area contributed by atoms with Crippen LogP contribution in [0.25, 0.3) is 10.9 Å². The number of anilines is 2. The highest BCUT2D eigenvalue weighted by Crippen LogP contribution is 2.24. The predicted molar refractivity (Wildman–Crippen MR) is 81.6 cm³/mol. The third-order valence-electron chi connectivity index (χ3n) is 2.66. The van der Waals surface area contributed by atoms with Gasteiger partial charge in [0, 0.05) is 23.5 Å². The fraction of sp³-hybridized carbons (Fsp3) is 0.143. The van der Waals surface area contributed by atoms with Crippen LogP contribution in [0.15, 0.2) is 43.5 Å². The maximum Gasteiger partial charge on any atom is 0.228 e. The second-order valence-electron chi connectivity index (χ2n) is 4.05. The molecule has 0 aliphatic rings. The van der Waals surface area contributed by atoms with Crippen LogP contribution in [-0.4, -0.2) is 23.1 Å². The lowest BCUT2D eigenvalue weighted by molar-refractivity contribution is 0.900. The van der Waals surface area contributed by atoms with E-state index in [1.807, 2.05) is 11.0 Å². The molecule has 4 nitrogen and oxygen atoms in total. The van der Waals surface area contributed by atoms with Crippen LogP contribution in [-0.2, 0) is 0 Å². The van der Waals surface area contributed by atoms with Gasteiger partial charge in [-0.25, -0.2) is 4.98 Å². The smallest absolute Gasteiger partial charge is 0.228 e. The number of halogens is 1. The van der Waals surface area contributed by atoms with E-state index in [0.717, 1.165) is 10.9 Å². The molecule has 0 aliphatic heterocycles. The van der Waals surface area contributed by atoms with Gasteiger partial charge in [-0.15, -0.1) is 13.2 Å². The van der Waals surface area contributed by atoms with Crippen molar-refractivity contribution in [3.63, 3.8) is 0 Å². The molecule has 0 aliphatic carbocycles. The highest BCUT2D eigenvalue weighted by Gasteiger charge is 2.10.